The fraction of sp³-hybridized carbons (Fsp3) is 0.750. The molecule has 0 aliphatic heterocycles. The average molecular weight is 302 g/mol. The van der Waals surface area contributed by atoms with E-state index in [9.17, 15) is 0 Å². The van der Waals surface area contributed by atoms with Crippen LogP contribution in [0.5, 0.6) is 0 Å². The van der Waals surface area contributed by atoms with Gasteiger partial charge in [0.15, 0.2) is 0 Å². The van der Waals surface area contributed by atoms with E-state index in [1.54, 1.807) is 6.92 Å². The molecule has 0 heterocycles. The summed E-state index contributed by atoms with van der Waals surface area (Å²) in [6.07, 6.45) is 6.80. The van der Waals surface area contributed by atoms with Gasteiger partial charge in [-0.1, -0.05) is 12.2 Å². The summed E-state index contributed by atoms with van der Waals surface area (Å²) in [5.74, 6) is 0. The zero-order chi connectivity index (χ0) is 9.23. The van der Waals surface area contributed by atoms with Crippen molar-refractivity contribution in [2.24, 2.45) is 0 Å². The minimum Gasteiger partial charge on any atom is -0.393 e. The molecule has 0 aliphatic carbocycles. The average Bonchev–Trinajstić information content (AvgIpc) is 2.02. The summed E-state index contributed by atoms with van der Waals surface area (Å²) >= 11 is 2.22. The van der Waals surface area contributed by atoms with Gasteiger partial charge in [0.1, 0.15) is 0 Å². The van der Waals surface area contributed by atoms with Crippen LogP contribution in [0.15, 0.2) is 12.2 Å². The molecule has 0 saturated heterocycles. The Morgan fingerprint density at radius 1 is 1.58 bits per heavy atom. The molecule has 1 N–H and O–H groups in total. The quantitative estimate of drug-likeness (QED) is 0.339. The van der Waals surface area contributed by atoms with Gasteiger partial charge in [-0.25, -0.2) is 0 Å². The van der Waals surface area contributed by atoms with Crippen LogP contribution in [0.3, 0.4) is 0 Å². The number of allylic oxidation sites excluding steroid dienone is 1. The first-order chi connectivity index (χ1) is 5.77. The molecule has 0 aromatic heterocycles. The van der Waals surface area contributed by atoms with Crippen molar-refractivity contribution >= 4 is 28.5 Å². The predicted octanol–water partition coefficient (Wildman–Crippen LogP) is 3.05. The molecule has 0 rings (SSSR count). The lowest BCUT2D eigenvalue weighted by Crippen LogP contribution is -1.95. The van der Waals surface area contributed by atoms with Crippen LogP contribution in [-0.4, -0.2) is 17.8 Å². The molecule has 0 radical (unpaired) electrons. The highest BCUT2D eigenvalue weighted by molar-refractivity contribution is 14.2. The highest BCUT2D eigenvalue weighted by Gasteiger charge is 1.88. The molecule has 12 heavy (non-hydrogen) atoms. The number of hydrogen-bond acceptors (Lipinski definition) is 2. The number of hydrogen-bond donors (Lipinski definition) is 1. The van der Waals surface area contributed by atoms with Gasteiger partial charge in [0.25, 0.3) is 0 Å². The maximum Gasteiger partial charge on any atom is 0.0793 e. The Morgan fingerprint density at radius 3 is 2.92 bits per heavy atom. The molecule has 72 valence electrons. The highest BCUT2D eigenvalue weighted by Crippen LogP contribution is 2.21. The van der Waals surface area contributed by atoms with Crippen LogP contribution in [0.2, 0.25) is 0 Å². The predicted molar refractivity (Wildman–Crippen MR) is 63.0 cm³/mol. The van der Waals surface area contributed by atoms with Crippen LogP contribution in [0.25, 0.3) is 0 Å². The van der Waals surface area contributed by atoms with Crippen molar-refractivity contribution < 1.29 is 9.63 Å². The Labute approximate surface area is 89.1 Å². The molecule has 0 aromatic rings. The van der Waals surface area contributed by atoms with Gasteiger partial charge in [-0.15, -0.1) is 0 Å². The second-order valence-corrected chi connectivity index (χ2v) is 4.39. The van der Waals surface area contributed by atoms with Crippen LogP contribution in [-0.2, 0) is 4.52 Å². The topological polar surface area (TPSA) is 29.5 Å². The van der Waals surface area contributed by atoms with Gasteiger partial charge in [-0.3, -0.25) is 0 Å². The molecular weight excluding hydrogens is 286 g/mol. The van der Waals surface area contributed by atoms with Crippen molar-refractivity contribution in [2.45, 2.75) is 32.3 Å². The van der Waals surface area contributed by atoms with Gasteiger partial charge in [0.2, 0.25) is 0 Å². The van der Waals surface area contributed by atoms with Crippen LogP contribution in [0, 0.1) is 0 Å². The van der Waals surface area contributed by atoms with Crippen molar-refractivity contribution in [1.29, 1.82) is 0 Å². The second-order valence-electron chi connectivity index (χ2n) is 2.62. The summed E-state index contributed by atoms with van der Waals surface area (Å²) in [5.41, 5.74) is 0. The zero-order valence-electron chi connectivity index (χ0n) is 7.29. The van der Waals surface area contributed by atoms with Crippen molar-refractivity contribution in [3.8, 4) is 0 Å². The van der Waals surface area contributed by atoms with Gasteiger partial charge in [0, 0.05) is 0 Å². The minimum atomic E-state index is -0.215. The third kappa shape index (κ3) is 10.8. The Morgan fingerprint density at radius 2 is 2.33 bits per heavy atom. The lowest BCUT2D eigenvalue weighted by molar-refractivity contribution is 0.198. The smallest absolute Gasteiger partial charge is 0.0793 e. The van der Waals surface area contributed by atoms with E-state index in [0.717, 1.165) is 25.9 Å². The van der Waals surface area contributed by atoms with E-state index < -0.39 is 0 Å². The van der Waals surface area contributed by atoms with Crippen LogP contribution < -0.4 is 0 Å². The zero-order valence-corrected chi connectivity index (χ0v) is 10.5. The number of aliphatic hydroxyl groups excluding tert-OH is 1. The first kappa shape index (κ1) is 12.8. The summed E-state index contributed by atoms with van der Waals surface area (Å²) in [5, 5.41) is 8.92. The molecule has 0 aromatic carbocycles. The fourth-order valence-electron chi connectivity index (χ4n) is 0.723. The Kier molecular flexibility index (Phi) is 10.6. The van der Waals surface area contributed by atoms with E-state index in [4.69, 9.17) is 9.63 Å². The number of aliphatic hydroxyl groups is 1. The largest absolute Gasteiger partial charge is 0.393 e. The first-order valence-electron chi connectivity index (χ1n) is 4.08. The van der Waals surface area contributed by atoms with Crippen molar-refractivity contribution in [3.05, 3.63) is 12.2 Å². The van der Waals surface area contributed by atoms with Crippen LogP contribution >= 0.6 is 28.5 Å². The molecule has 0 bridgehead atoms. The molecular formula is C8H16IO2P. The monoisotopic (exact) mass is 302 g/mol. The van der Waals surface area contributed by atoms with E-state index in [1.165, 1.54) is 0 Å². The first-order valence-corrected chi connectivity index (χ1v) is 8.10. The third-order valence-electron chi connectivity index (χ3n) is 1.32. The number of halogens is 1. The lowest BCUT2D eigenvalue weighted by atomic mass is 10.2. The molecule has 0 spiro atoms. The third-order valence-corrected chi connectivity index (χ3v) is 2.56. The minimum absolute atomic E-state index is 0.215. The highest BCUT2D eigenvalue weighted by atomic mass is 127. The van der Waals surface area contributed by atoms with Gasteiger partial charge < -0.3 is 9.63 Å². The van der Waals surface area contributed by atoms with Gasteiger partial charge in [-0.2, -0.15) is 0 Å². The number of rotatable bonds is 7. The standard InChI is InChI=1S/C8H16IO2P/c1-8(10)6-4-2-3-5-7-11-12-9/h2,4,8,10,12H,3,5-7H2,1H3/b4-2+/t8-/m1/s1. The van der Waals surface area contributed by atoms with Crippen LogP contribution in [0.4, 0.5) is 0 Å². The molecule has 1 unspecified atom stereocenters. The Hall–Kier alpha value is 0.820. The molecule has 0 aliphatic rings. The van der Waals surface area contributed by atoms with Crippen molar-refractivity contribution in [2.75, 3.05) is 6.61 Å². The maximum absolute atomic E-state index is 8.92. The molecule has 0 amide bonds. The SMILES string of the molecule is C[C@@H](O)C/C=C/CCCOPI. The van der Waals surface area contributed by atoms with Gasteiger partial charge in [-0.05, 0) is 48.2 Å². The van der Waals surface area contributed by atoms with Gasteiger partial charge >= 0.3 is 0 Å². The molecule has 2 atom stereocenters. The molecule has 2 nitrogen and oxygen atoms in total. The number of unbranched alkanes of at least 4 members (excludes halogenated alkanes) is 1. The normalized spacial score (nSPS) is 14.9. The molecule has 0 fully saturated rings. The lowest BCUT2D eigenvalue weighted by Gasteiger charge is -1.97. The summed E-state index contributed by atoms with van der Waals surface area (Å²) in [4.78, 5) is 0. The second kappa shape index (κ2) is 9.90. The summed E-state index contributed by atoms with van der Waals surface area (Å²) in [6.45, 7) is 3.22. The van der Waals surface area contributed by atoms with E-state index in [2.05, 4.69) is 28.1 Å². The summed E-state index contributed by atoms with van der Waals surface area (Å²) < 4.78 is 5.19. The van der Waals surface area contributed by atoms with Crippen molar-refractivity contribution in [1.82, 2.24) is 0 Å². The summed E-state index contributed by atoms with van der Waals surface area (Å²) in [6, 6.07) is 0. The van der Waals surface area contributed by atoms with E-state index in [0.29, 0.717) is 6.45 Å². The van der Waals surface area contributed by atoms with Crippen LogP contribution in [0.1, 0.15) is 26.2 Å². The summed E-state index contributed by atoms with van der Waals surface area (Å²) in [7, 11) is 0. The Bertz CT molecular complexity index is 118. The molecule has 4 heteroatoms. The molecule has 0 saturated carbocycles. The van der Waals surface area contributed by atoms with E-state index >= 15 is 0 Å². The van der Waals surface area contributed by atoms with E-state index in [-0.39, 0.29) is 6.10 Å². The van der Waals surface area contributed by atoms with E-state index in [1.807, 2.05) is 6.08 Å². The van der Waals surface area contributed by atoms with Gasteiger partial charge in [0.05, 0.1) is 19.2 Å². The fourth-order valence-corrected chi connectivity index (χ4v) is 1.61. The van der Waals surface area contributed by atoms with Crippen molar-refractivity contribution in [3.63, 3.8) is 0 Å². The maximum atomic E-state index is 8.92. The Balaban J connectivity index is 3.03.